The number of urea groups is 1. The van der Waals surface area contributed by atoms with Gasteiger partial charge in [0.2, 0.25) is 0 Å². The largest absolute Gasteiger partial charge is 0.333 e. The lowest BCUT2D eigenvalue weighted by atomic mass is 9.95. The number of hydrogen-bond acceptors (Lipinski definition) is 4. The molecule has 6 heteroatoms. The van der Waals surface area contributed by atoms with Gasteiger partial charge in [-0.2, -0.15) is 0 Å². The second-order valence-electron chi connectivity index (χ2n) is 6.41. The van der Waals surface area contributed by atoms with Crippen molar-refractivity contribution < 1.29 is 4.79 Å². The molecule has 1 aromatic carbocycles. The van der Waals surface area contributed by atoms with Crippen LogP contribution in [0.3, 0.4) is 0 Å². The molecule has 2 amide bonds. The molecule has 3 heterocycles. The summed E-state index contributed by atoms with van der Waals surface area (Å²) >= 11 is 1.35. The summed E-state index contributed by atoms with van der Waals surface area (Å²) in [5, 5.41) is 7.03. The Kier molecular flexibility index (Phi) is 4.06. The van der Waals surface area contributed by atoms with Crippen LogP contribution >= 0.6 is 11.5 Å². The molecule has 0 radical (unpaired) electrons. The third kappa shape index (κ3) is 2.82. The highest BCUT2D eigenvalue weighted by molar-refractivity contribution is 7.05. The van der Waals surface area contributed by atoms with Gasteiger partial charge in [0.1, 0.15) is 0 Å². The molecule has 2 aromatic rings. The van der Waals surface area contributed by atoms with Crippen molar-refractivity contribution in [3.8, 4) is 0 Å². The van der Waals surface area contributed by atoms with Gasteiger partial charge < -0.3 is 10.2 Å². The summed E-state index contributed by atoms with van der Waals surface area (Å²) < 4.78 is 3.92. The molecule has 2 aliphatic heterocycles. The first-order chi connectivity index (χ1) is 11.7. The zero-order valence-corrected chi connectivity index (χ0v) is 14.4. The fourth-order valence-electron chi connectivity index (χ4n) is 3.67. The Morgan fingerprint density at radius 3 is 2.88 bits per heavy atom. The van der Waals surface area contributed by atoms with Gasteiger partial charge in [0, 0.05) is 6.04 Å². The zero-order valence-electron chi connectivity index (χ0n) is 13.6. The Balaban J connectivity index is 1.46. The summed E-state index contributed by atoms with van der Waals surface area (Å²) in [4.78, 5) is 15.7. The van der Waals surface area contributed by atoms with Gasteiger partial charge in [-0.05, 0) is 48.9 Å². The van der Waals surface area contributed by atoms with Gasteiger partial charge in [0.05, 0.1) is 23.2 Å². The Bertz CT molecular complexity index is 770. The van der Waals surface area contributed by atoms with E-state index in [1.807, 2.05) is 17.9 Å². The zero-order chi connectivity index (χ0) is 16.5. The van der Waals surface area contributed by atoms with Gasteiger partial charge in [-0.1, -0.05) is 40.9 Å². The number of carbonyl (C=O) groups excluding carboxylic acids is 1. The van der Waals surface area contributed by atoms with Gasteiger partial charge in [-0.3, -0.25) is 0 Å². The molecule has 0 aliphatic carbocycles. The highest BCUT2D eigenvalue weighted by atomic mass is 32.1. The van der Waals surface area contributed by atoms with E-state index in [-0.39, 0.29) is 12.1 Å². The van der Waals surface area contributed by atoms with Crippen molar-refractivity contribution in [1.29, 1.82) is 0 Å². The fraction of sp³-hybridized carbons (Fsp3) is 0.389. The van der Waals surface area contributed by atoms with E-state index >= 15 is 0 Å². The summed E-state index contributed by atoms with van der Waals surface area (Å²) in [5.41, 5.74) is 3.55. The van der Waals surface area contributed by atoms with E-state index in [9.17, 15) is 4.79 Å². The quantitative estimate of drug-likeness (QED) is 0.932. The number of nitrogens with one attached hydrogen (secondary N) is 1. The number of carbonyl (C=O) groups is 1. The minimum atomic E-state index is 0.0265. The van der Waals surface area contributed by atoms with Gasteiger partial charge in [-0.15, -0.1) is 5.10 Å². The molecule has 1 aromatic heterocycles. The smallest absolute Gasteiger partial charge is 0.318 e. The SMILES string of the molecule is Cc1nnsc1CNC(=O)N1[C@@H]2CC[C@@H]1C=C(c1ccccc1)C2. The molecular weight excluding hydrogens is 320 g/mol. The highest BCUT2D eigenvalue weighted by Gasteiger charge is 2.39. The average molecular weight is 340 g/mol. The lowest BCUT2D eigenvalue weighted by Gasteiger charge is -2.34. The number of aromatic nitrogens is 2. The van der Waals surface area contributed by atoms with E-state index < -0.39 is 0 Å². The normalized spacial score (nSPS) is 22.4. The van der Waals surface area contributed by atoms with E-state index in [4.69, 9.17) is 0 Å². The number of rotatable bonds is 3. The molecule has 2 atom stereocenters. The fourth-order valence-corrected chi connectivity index (χ4v) is 4.24. The Labute approximate surface area is 145 Å². The van der Waals surface area contributed by atoms with Gasteiger partial charge in [-0.25, -0.2) is 4.79 Å². The molecule has 0 spiro atoms. The molecule has 2 bridgehead atoms. The van der Waals surface area contributed by atoms with Gasteiger partial charge in [0.25, 0.3) is 0 Å². The number of benzene rings is 1. The molecule has 0 unspecified atom stereocenters. The summed E-state index contributed by atoms with van der Waals surface area (Å²) in [7, 11) is 0. The monoisotopic (exact) mass is 340 g/mol. The van der Waals surface area contributed by atoms with Gasteiger partial charge >= 0.3 is 6.03 Å². The second-order valence-corrected chi connectivity index (χ2v) is 7.25. The van der Waals surface area contributed by atoms with Crippen LogP contribution in [0.25, 0.3) is 5.57 Å². The minimum absolute atomic E-state index is 0.0265. The van der Waals surface area contributed by atoms with Crippen LogP contribution in [0.15, 0.2) is 36.4 Å². The molecule has 2 aliphatic rings. The lowest BCUT2D eigenvalue weighted by molar-refractivity contribution is 0.179. The maximum Gasteiger partial charge on any atom is 0.318 e. The first-order valence-corrected chi connectivity index (χ1v) is 9.10. The first-order valence-electron chi connectivity index (χ1n) is 8.32. The van der Waals surface area contributed by atoms with Crippen molar-refractivity contribution in [3.63, 3.8) is 0 Å². The number of hydrogen-bond donors (Lipinski definition) is 1. The molecule has 0 saturated carbocycles. The van der Waals surface area contributed by atoms with Crippen LogP contribution in [0.2, 0.25) is 0 Å². The molecule has 4 rings (SSSR count). The van der Waals surface area contributed by atoms with Crippen LogP contribution in [-0.2, 0) is 6.54 Å². The number of fused-ring (bicyclic) bond motifs is 2. The molecule has 24 heavy (non-hydrogen) atoms. The van der Waals surface area contributed by atoms with Crippen molar-refractivity contribution in [2.75, 3.05) is 0 Å². The maximum absolute atomic E-state index is 12.7. The Morgan fingerprint density at radius 2 is 2.17 bits per heavy atom. The second kappa shape index (κ2) is 6.36. The highest BCUT2D eigenvalue weighted by Crippen LogP contribution is 2.38. The molecular formula is C18H20N4OS. The van der Waals surface area contributed by atoms with Crippen LogP contribution < -0.4 is 5.32 Å². The predicted octanol–water partition coefficient (Wildman–Crippen LogP) is 3.38. The van der Waals surface area contributed by atoms with Crippen molar-refractivity contribution in [1.82, 2.24) is 19.8 Å². The van der Waals surface area contributed by atoms with E-state index in [1.54, 1.807) is 0 Å². The third-order valence-electron chi connectivity index (χ3n) is 4.92. The lowest BCUT2D eigenvalue weighted by Crippen LogP contribution is -2.48. The Hall–Kier alpha value is -2.21. The van der Waals surface area contributed by atoms with Crippen LogP contribution in [0, 0.1) is 6.92 Å². The molecule has 1 N–H and O–H groups in total. The van der Waals surface area contributed by atoms with Crippen molar-refractivity contribution in [2.24, 2.45) is 0 Å². The van der Waals surface area contributed by atoms with Crippen LogP contribution in [0.5, 0.6) is 0 Å². The van der Waals surface area contributed by atoms with Crippen LogP contribution in [-0.4, -0.2) is 32.6 Å². The molecule has 1 saturated heterocycles. The minimum Gasteiger partial charge on any atom is -0.333 e. The third-order valence-corrected chi connectivity index (χ3v) is 5.74. The number of nitrogens with zero attached hydrogens (tertiary/aromatic N) is 3. The Morgan fingerprint density at radius 1 is 1.33 bits per heavy atom. The van der Waals surface area contributed by atoms with Crippen LogP contribution in [0.4, 0.5) is 4.79 Å². The summed E-state index contributed by atoms with van der Waals surface area (Å²) in [6, 6.07) is 11.0. The van der Waals surface area contributed by atoms with E-state index in [0.29, 0.717) is 12.6 Å². The number of aryl methyl sites for hydroxylation is 1. The topological polar surface area (TPSA) is 58.1 Å². The van der Waals surface area contributed by atoms with Crippen molar-refractivity contribution >= 4 is 23.1 Å². The number of amides is 2. The first kappa shape index (κ1) is 15.3. The van der Waals surface area contributed by atoms with E-state index in [0.717, 1.165) is 29.8 Å². The summed E-state index contributed by atoms with van der Waals surface area (Å²) in [6.07, 6.45) is 5.34. The summed E-state index contributed by atoms with van der Waals surface area (Å²) in [5.74, 6) is 0. The summed E-state index contributed by atoms with van der Waals surface area (Å²) in [6.45, 7) is 2.43. The predicted molar refractivity (Wildman–Crippen MR) is 94.6 cm³/mol. The maximum atomic E-state index is 12.7. The van der Waals surface area contributed by atoms with Crippen molar-refractivity contribution in [2.45, 2.75) is 44.8 Å². The van der Waals surface area contributed by atoms with E-state index in [2.05, 4.69) is 45.2 Å². The van der Waals surface area contributed by atoms with Crippen LogP contribution in [0.1, 0.15) is 35.4 Å². The molecule has 124 valence electrons. The average Bonchev–Trinajstić information content (AvgIpc) is 3.13. The van der Waals surface area contributed by atoms with Crippen molar-refractivity contribution in [3.05, 3.63) is 52.5 Å². The molecule has 1 fully saturated rings. The standard InChI is InChI=1S/C18H20N4OS/c1-12-17(24-21-20-12)11-19-18(23)22-15-7-8-16(22)10-14(9-15)13-5-3-2-4-6-13/h2-6,9,15-16H,7-8,10-11H2,1H3,(H,19,23)/t15-,16-/m1/s1. The molecule has 5 nitrogen and oxygen atoms in total. The van der Waals surface area contributed by atoms with Gasteiger partial charge in [0.15, 0.2) is 0 Å². The van der Waals surface area contributed by atoms with E-state index in [1.165, 1.54) is 22.7 Å².